The third-order valence-corrected chi connectivity index (χ3v) is 5.38. The van der Waals surface area contributed by atoms with Crippen molar-refractivity contribution in [2.45, 2.75) is 19.3 Å². The summed E-state index contributed by atoms with van der Waals surface area (Å²) in [6.07, 6.45) is -4.61. The van der Waals surface area contributed by atoms with Crippen molar-refractivity contribution in [1.82, 2.24) is 24.6 Å². The summed E-state index contributed by atoms with van der Waals surface area (Å²) in [6, 6.07) is 14.5. The van der Waals surface area contributed by atoms with E-state index in [2.05, 4.69) is 15.2 Å². The van der Waals surface area contributed by atoms with Crippen LogP contribution >= 0.6 is 0 Å². The fraction of sp³-hybridized carbons (Fsp3) is 0.182. The number of para-hydroxylation sites is 1. The Balaban J connectivity index is 1.53. The number of carbonyl (C=O) groups is 1. The molecule has 0 spiro atoms. The molecule has 10 heteroatoms. The van der Waals surface area contributed by atoms with Crippen LogP contribution in [0.25, 0.3) is 22.2 Å². The minimum Gasteiger partial charge on any atom is -0.329 e. The standard InChI is InChI=1S/C22H15F4N5O/c23-14-7-5-13(6-8-14)18-11-16(15-3-1-2-4-17(15)27-18)20(32)30-9-10-31-19(12-30)28-29-21(31)22(24,25)26/h1-8,11H,9-10,12H2. The lowest BCUT2D eigenvalue weighted by molar-refractivity contribution is -0.147. The zero-order chi connectivity index (χ0) is 22.5. The Kier molecular flexibility index (Phi) is 4.65. The molecule has 1 aliphatic rings. The van der Waals surface area contributed by atoms with Gasteiger partial charge in [-0.25, -0.2) is 9.37 Å². The number of aromatic nitrogens is 4. The first-order valence-corrected chi connectivity index (χ1v) is 9.75. The molecule has 0 saturated heterocycles. The highest BCUT2D eigenvalue weighted by Gasteiger charge is 2.40. The van der Waals surface area contributed by atoms with Crippen molar-refractivity contribution >= 4 is 16.8 Å². The van der Waals surface area contributed by atoms with Gasteiger partial charge in [0, 0.05) is 24.0 Å². The number of fused-ring (bicyclic) bond motifs is 2. The van der Waals surface area contributed by atoms with Crippen molar-refractivity contribution in [2.75, 3.05) is 6.54 Å². The van der Waals surface area contributed by atoms with Gasteiger partial charge >= 0.3 is 6.18 Å². The van der Waals surface area contributed by atoms with Crippen molar-refractivity contribution in [3.63, 3.8) is 0 Å². The van der Waals surface area contributed by atoms with Crippen LogP contribution in [0.1, 0.15) is 22.0 Å². The van der Waals surface area contributed by atoms with Crippen LogP contribution in [0.4, 0.5) is 17.6 Å². The number of pyridine rings is 1. The Labute approximate surface area is 179 Å². The van der Waals surface area contributed by atoms with Gasteiger partial charge < -0.3 is 9.47 Å². The summed E-state index contributed by atoms with van der Waals surface area (Å²) < 4.78 is 53.6. The van der Waals surface area contributed by atoms with E-state index in [1.54, 1.807) is 42.5 Å². The summed E-state index contributed by atoms with van der Waals surface area (Å²) in [4.78, 5) is 19.5. The SMILES string of the molecule is O=C(c1cc(-c2ccc(F)cc2)nc2ccccc12)N1CCn2c(nnc2C(F)(F)F)C1. The van der Waals surface area contributed by atoms with Crippen LogP contribution in [0.3, 0.4) is 0 Å². The van der Waals surface area contributed by atoms with Crippen LogP contribution in [0.15, 0.2) is 54.6 Å². The highest BCUT2D eigenvalue weighted by atomic mass is 19.4. The fourth-order valence-corrected chi connectivity index (χ4v) is 3.83. The topological polar surface area (TPSA) is 63.9 Å². The van der Waals surface area contributed by atoms with E-state index in [9.17, 15) is 22.4 Å². The molecule has 2 aromatic heterocycles. The third-order valence-electron chi connectivity index (χ3n) is 5.38. The van der Waals surface area contributed by atoms with Crippen LogP contribution in [0.2, 0.25) is 0 Å². The third kappa shape index (κ3) is 3.47. The molecule has 6 nitrogen and oxygen atoms in total. The number of rotatable bonds is 2. The Morgan fingerprint density at radius 1 is 0.969 bits per heavy atom. The number of hydrogen-bond acceptors (Lipinski definition) is 4. The molecule has 0 atom stereocenters. The lowest BCUT2D eigenvalue weighted by Crippen LogP contribution is -2.39. The number of carbonyl (C=O) groups excluding carboxylic acids is 1. The van der Waals surface area contributed by atoms with E-state index in [4.69, 9.17) is 0 Å². The number of halogens is 4. The smallest absolute Gasteiger partial charge is 0.329 e. The first-order valence-electron chi connectivity index (χ1n) is 9.75. The number of hydrogen-bond donors (Lipinski definition) is 0. The zero-order valence-corrected chi connectivity index (χ0v) is 16.5. The lowest BCUT2D eigenvalue weighted by atomic mass is 10.0. The van der Waals surface area contributed by atoms with E-state index in [-0.39, 0.29) is 37.2 Å². The maximum atomic E-state index is 13.4. The van der Waals surface area contributed by atoms with Crippen LogP contribution in [-0.2, 0) is 19.3 Å². The van der Waals surface area contributed by atoms with Gasteiger partial charge in [-0.2, -0.15) is 13.2 Å². The summed E-state index contributed by atoms with van der Waals surface area (Å²) in [6.45, 7) is -0.0727. The first kappa shape index (κ1) is 20.1. The van der Waals surface area contributed by atoms with E-state index in [0.717, 1.165) is 4.57 Å². The minimum atomic E-state index is -4.61. The second-order valence-corrected chi connectivity index (χ2v) is 7.40. The molecular formula is C22H15F4N5O. The molecule has 0 N–H and O–H groups in total. The van der Waals surface area contributed by atoms with Gasteiger partial charge in [0.25, 0.3) is 5.91 Å². The summed E-state index contributed by atoms with van der Waals surface area (Å²) >= 11 is 0. The van der Waals surface area contributed by atoms with E-state index in [1.165, 1.54) is 17.0 Å². The van der Waals surface area contributed by atoms with E-state index in [1.807, 2.05) is 0 Å². The Bertz CT molecular complexity index is 1330. The summed E-state index contributed by atoms with van der Waals surface area (Å²) in [7, 11) is 0. The average Bonchev–Trinajstić information content (AvgIpc) is 3.22. The maximum absolute atomic E-state index is 13.4. The Morgan fingerprint density at radius 2 is 1.72 bits per heavy atom. The van der Waals surface area contributed by atoms with E-state index in [0.29, 0.717) is 27.7 Å². The van der Waals surface area contributed by atoms with Gasteiger partial charge in [-0.15, -0.1) is 10.2 Å². The molecule has 0 radical (unpaired) electrons. The monoisotopic (exact) mass is 441 g/mol. The van der Waals surface area contributed by atoms with Gasteiger partial charge in [0.05, 0.1) is 23.3 Å². The van der Waals surface area contributed by atoms with Crippen molar-refractivity contribution < 1.29 is 22.4 Å². The molecule has 0 unspecified atom stereocenters. The van der Waals surface area contributed by atoms with Crippen molar-refractivity contribution in [3.8, 4) is 11.3 Å². The molecule has 5 rings (SSSR count). The molecule has 1 amide bonds. The predicted octanol–water partition coefficient (Wildman–Crippen LogP) is 4.31. The zero-order valence-electron chi connectivity index (χ0n) is 16.5. The molecular weight excluding hydrogens is 426 g/mol. The predicted molar refractivity (Wildman–Crippen MR) is 107 cm³/mol. The van der Waals surface area contributed by atoms with Gasteiger partial charge in [0.15, 0.2) is 5.82 Å². The molecule has 0 aliphatic carbocycles. The molecule has 1 aliphatic heterocycles. The molecule has 32 heavy (non-hydrogen) atoms. The van der Waals surface area contributed by atoms with Crippen LogP contribution in [-0.4, -0.2) is 37.1 Å². The quantitative estimate of drug-likeness (QED) is 0.435. The maximum Gasteiger partial charge on any atom is 0.451 e. The highest BCUT2D eigenvalue weighted by molar-refractivity contribution is 6.07. The van der Waals surface area contributed by atoms with Gasteiger partial charge in [0.2, 0.25) is 5.82 Å². The molecule has 0 fully saturated rings. The minimum absolute atomic E-state index is 0.0588. The fourth-order valence-electron chi connectivity index (χ4n) is 3.83. The molecule has 0 saturated carbocycles. The van der Waals surface area contributed by atoms with E-state index < -0.39 is 12.0 Å². The van der Waals surface area contributed by atoms with Crippen LogP contribution in [0, 0.1) is 5.82 Å². The van der Waals surface area contributed by atoms with Crippen molar-refractivity contribution in [1.29, 1.82) is 0 Å². The second-order valence-electron chi connectivity index (χ2n) is 7.40. The van der Waals surface area contributed by atoms with Gasteiger partial charge in [-0.3, -0.25) is 4.79 Å². The number of benzene rings is 2. The molecule has 2 aromatic carbocycles. The average molecular weight is 441 g/mol. The molecule has 4 aromatic rings. The molecule has 3 heterocycles. The van der Waals surface area contributed by atoms with Gasteiger partial charge in [-0.1, -0.05) is 18.2 Å². The first-order chi connectivity index (χ1) is 15.3. The summed E-state index contributed by atoms with van der Waals surface area (Å²) in [5.74, 6) is -1.72. The Hall–Kier alpha value is -3.82. The summed E-state index contributed by atoms with van der Waals surface area (Å²) in [5, 5.41) is 7.51. The normalized spacial score (nSPS) is 13.9. The second kappa shape index (κ2) is 7.40. The molecule has 162 valence electrons. The summed E-state index contributed by atoms with van der Waals surface area (Å²) in [5.41, 5.74) is 2.07. The van der Waals surface area contributed by atoms with Crippen LogP contribution in [0.5, 0.6) is 0 Å². The molecule has 0 bridgehead atoms. The largest absolute Gasteiger partial charge is 0.451 e. The number of alkyl halides is 3. The highest BCUT2D eigenvalue weighted by Crippen LogP contribution is 2.31. The van der Waals surface area contributed by atoms with Crippen molar-refractivity contribution in [2.24, 2.45) is 0 Å². The van der Waals surface area contributed by atoms with Gasteiger partial charge in [-0.05, 0) is 36.4 Å². The number of amides is 1. The van der Waals surface area contributed by atoms with Gasteiger partial charge in [0.1, 0.15) is 5.82 Å². The number of nitrogens with zero attached hydrogens (tertiary/aromatic N) is 5. The lowest BCUT2D eigenvalue weighted by Gasteiger charge is -2.28. The Morgan fingerprint density at radius 3 is 2.47 bits per heavy atom. The van der Waals surface area contributed by atoms with Crippen molar-refractivity contribution in [3.05, 3.63) is 77.6 Å². The van der Waals surface area contributed by atoms with Crippen LogP contribution < -0.4 is 0 Å². The van der Waals surface area contributed by atoms with E-state index >= 15 is 0 Å².